The van der Waals surface area contributed by atoms with Crippen LogP contribution in [0.25, 0.3) is 11.0 Å². The highest BCUT2D eigenvalue weighted by Crippen LogP contribution is 2.29. The molecule has 1 heterocycles. The summed E-state index contributed by atoms with van der Waals surface area (Å²) >= 11 is 6.11. The molecule has 0 radical (unpaired) electrons. The highest BCUT2D eigenvalue weighted by Gasteiger charge is 2.15. The van der Waals surface area contributed by atoms with E-state index >= 15 is 0 Å². The summed E-state index contributed by atoms with van der Waals surface area (Å²) in [5.41, 5.74) is 1.78. The van der Waals surface area contributed by atoms with E-state index in [-0.39, 0.29) is 18.6 Å². The molecule has 0 aliphatic heterocycles. The second kappa shape index (κ2) is 5.74. The van der Waals surface area contributed by atoms with Gasteiger partial charge in [-0.05, 0) is 30.5 Å². The average Bonchev–Trinajstić information content (AvgIpc) is 2.70. The van der Waals surface area contributed by atoms with Crippen molar-refractivity contribution in [2.75, 3.05) is 6.61 Å². The van der Waals surface area contributed by atoms with E-state index in [4.69, 9.17) is 21.1 Å². The van der Waals surface area contributed by atoms with Crippen molar-refractivity contribution >= 4 is 22.6 Å². The number of aliphatic hydroxyl groups is 1. The normalized spacial score (nSPS) is 14.9. The van der Waals surface area contributed by atoms with Gasteiger partial charge in [-0.1, -0.05) is 25.1 Å². The molecule has 18 heavy (non-hydrogen) atoms. The molecule has 0 fully saturated rings. The third-order valence-corrected chi connectivity index (χ3v) is 3.70. The second-order valence-electron chi connectivity index (χ2n) is 4.68. The van der Waals surface area contributed by atoms with Gasteiger partial charge in [0.25, 0.3) is 0 Å². The fraction of sp³-hybridized carbons (Fsp3) is 0.429. The van der Waals surface area contributed by atoms with Crippen LogP contribution in [-0.2, 0) is 6.54 Å². The van der Waals surface area contributed by atoms with Crippen molar-refractivity contribution in [3.63, 3.8) is 0 Å². The molecule has 0 spiro atoms. The summed E-state index contributed by atoms with van der Waals surface area (Å²) in [5.74, 6) is 0.210. The Morgan fingerprint density at radius 2 is 2.06 bits per heavy atom. The fourth-order valence-corrected chi connectivity index (χ4v) is 2.11. The summed E-state index contributed by atoms with van der Waals surface area (Å²) in [6.45, 7) is 4.87. The summed E-state index contributed by atoms with van der Waals surface area (Å²) in [7, 11) is 0. The Bertz CT molecular complexity index is 523. The van der Waals surface area contributed by atoms with E-state index in [9.17, 15) is 0 Å². The maximum Gasteiger partial charge on any atom is 0.199 e. The molecule has 0 aliphatic carbocycles. The first-order valence-corrected chi connectivity index (χ1v) is 6.51. The minimum atomic E-state index is 0.175. The minimum absolute atomic E-state index is 0.175. The number of furan rings is 1. The lowest BCUT2D eigenvalue weighted by molar-refractivity contribution is 0.207. The van der Waals surface area contributed by atoms with Crippen molar-refractivity contribution in [2.24, 2.45) is 5.92 Å². The Balaban J connectivity index is 2.14. The van der Waals surface area contributed by atoms with Crippen LogP contribution in [0.1, 0.15) is 19.4 Å². The van der Waals surface area contributed by atoms with Crippen LogP contribution in [0.4, 0.5) is 0 Å². The molecule has 0 aliphatic rings. The number of hydrogen-bond donors (Lipinski definition) is 2. The summed E-state index contributed by atoms with van der Waals surface area (Å²) in [6.07, 6.45) is 0. The van der Waals surface area contributed by atoms with Crippen LogP contribution in [0.15, 0.2) is 28.7 Å². The fourth-order valence-electron chi connectivity index (χ4n) is 1.86. The average molecular weight is 268 g/mol. The van der Waals surface area contributed by atoms with Gasteiger partial charge in [0, 0.05) is 30.1 Å². The molecular weight excluding hydrogens is 250 g/mol. The zero-order valence-corrected chi connectivity index (χ0v) is 11.4. The largest absolute Gasteiger partial charge is 0.444 e. The molecule has 0 bridgehead atoms. The molecule has 0 saturated heterocycles. The number of aliphatic hydroxyl groups excluding tert-OH is 1. The van der Waals surface area contributed by atoms with Gasteiger partial charge in [-0.15, -0.1) is 0 Å². The van der Waals surface area contributed by atoms with E-state index in [0.717, 1.165) is 16.5 Å². The van der Waals surface area contributed by atoms with Gasteiger partial charge in [0.05, 0.1) is 0 Å². The topological polar surface area (TPSA) is 45.4 Å². The number of hydrogen-bond acceptors (Lipinski definition) is 3. The predicted molar refractivity (Wildman–Crippen MR) is 73.8 cm³/mol. The highest BCUT2D eigenvalue weighted by atomic mass is 35.5. The Morgan fingerprint density at radius 3 is 2.78 bits per heavy atom. The van der Waals surface area contributed by atoms with E-state index in [1.807, 2.05) is 31.2 Å². The van der Waals surface area contributed by atoms with Crippen LogP contribution in [0.2, 0.25) is 5.22 Å². The number of nitrogens with one attached hydrogen (secondary N) is 1. The maximum atomic E-state index is 9.10. The van der Waals surface area contributed by atoms with Crippen LogP contribution >= 0.6 is 11.6 Å². The van der Waals surface area contributed by atoms with E-state index < -0.39 is 0 Å². The molecule has 1 aromatic carbocycles. The van der Waals surface area contributed by atoms with Crippen molar-refractivity contribution in [1.82, 2.24) is 5.32 Å². The summed E-state index contributed by atoms with van der Waals surface area (Å²) in [5, 5.41) is 13.9. The summed E-state index contributed by atoms with van der Waals surface area (Å²) in [6, 6.07) is 8.03. The molecule has 3 nitrogen and oxygen atoms in total. The van der Waals surface area contributed by atoms with Crippen molar-refractivity contribution < 1.29 is 9.52 Å². The minimum Gasteiger partial charge on any atom is -0.444 e. The lowest BCUT2D eigenvalue weighted by atomic mass is 10.0. The van der Waals surface area contributed by atoms with Gasteiger partial charge < -0.3 is 14.8 Å². The van der Waals surface area contributed by atoms with Gasteiger partial charge in [0.15, 0.2) is 5.22 Å². The smallest absolute Gasteiger partial charge is 0.199 e. The lowest BCUT2D eigenvalue weighted by Crippen LogP contribution is -2.33. The van der Waals surface area contributed by atoms with Crippen molar-refractivity contribution in [2.45, 2.75) is 26.4 Å². The Hall–Kier alpha value is -1.03. The van der Waals surface area contributed by atoms with Crippen molar-refractivity contribution in [3.05, 3.63) is 35.0 Å². The number of fused-ring (bicyclic) bond motifs is 1. The van der Waals surface area contributed by atoms with E-state index in [1.54, 1.807) is 0 Å². The molecular formula is C14H18ClNO2. The van der Waals surface area contributed by atoms with Crippen LogP contribution in [0, 0.1) is 5.92 Å². The highest BCUT2D eigenvalue weighted by molar-refractivity contribution is 6.30. The maximum absolute atomic E-state index is 9.10. The standard InChI is InChI=1S/C14H18ClNO2/c1-9(8-17)10(2)16-7-12-11-5-3-4-6-13(11)18-14(12)15/h3-6,9-10,16-17H,7-8H2,1-2H3. The first kappa shape index (κ1) is 13.4. The molecule has 4 heteroatoms. The monoisotopic (exact) mass is 267 g/mol. The molecule has 98 valence electrons. The molecule has 2 rings (SSSR count). The molecule has 2 unspecified atom stereocenters. The van der Waals surface area contributed by atoms with Gasteiger partial charge in [-0.25, -0.2) is 0 Å². The van der Waals surface area contributed by atoms with E-state index in [0.29, 0.717) is 11.8 Å². The van der Waals surface area contributed by atoms with Gasteiger partial charge in [0.1, 0.15) is 5.58 Å². The molecule has 0 saturated carbocycles. The number of halogens is 1. The third-order valence-electron chi connectivity index (χ3n) is 3.39. The van der Waals surface area contributed by atoms with Crippen molar-refractivity contribution in [3.8, 4) is 0 Å². The number of para-hydroxylation sites is 1. The van der Waals surface area contributed by atoms with Gasteiger partial charge in [-0.3, -0.25) is 0 Å². The van der Waals surface area contributed by atoms with Crippen LogP contribution < -0.4 is 5.32 Å². The zero-order valence-electron chi connectivity index (χ0n) is 10.6. The number of rotatable bonds is 5. The van der Waals surface area contributed by atoms with Crippen LogP contribution in [0.3, 0.4) is 0 Å². The molecule has 2 N–H and O–H groups in total. The molecule has 2 aromatic rings. The van der Waals surface area contributed by atoms with E-state index in [2.05, 4.69) is 12.2 Å². The number of benzene rings is 1. The molecule has 0 amide bonds. The third kappa shape index (κ3) is 2.69. The van der Waals surface area contributed by atoms with Gasteiger partial charge in [-0.2, -0.15) is 0 Å². The van der Waals surface area contributed by atoms with Gasteiger partial charge in [0.2, 0.25) is 0 Å². The molecule has 2 atom stereocenters. The van der Waals surface area contributed by atoms with Crippen molar-refractivity contribution in [1.29, 1.82) is 0 Å². The van der Waals surface area contributed by atoms with Crippen LogP contribution in [0.5, 0.6) is 0 Å². The Labute approximate surface area is 112 Å². The summed E-state index contributed by atoms with van der Waals surface area (Å²) in [4.78, 5) is 0. The first-order chi connectivity index (χ1) is 8.63. The lowest BCUT2D eigenvalue weighted by Gasteiger charge is -2.18. The zero-order chi connectivity index (χ0) is 13.1. The first-order valence-electron chi connectivity index (χ1n) is 6.13. The Kier molecular flexibility index (Phi) is 4.27. The summed E-state index contributed by atoms with van der Waals surface area (Å²) < 4.78 is 5.49. The van der Waals surface area contributed by atoms with Gasteiger partial charge >= 0.3 is 0 Å². The quantitative estimate of drug-likeness (QED) is 0.875. The van der Waals surface area contributed by atoms with Crippen LogP contribution in [-0.4, -0.2) is 17.8 Å². The van der Waals surface area contributed by atoms with E-state index in [1.165, 1.54) is 0 Å². The second-order valence-corrected chi connectivity index (χ2v) is 5.02. The predicted octanol–water partition coefficient (Wildman–Crippen LogP) is 3.19. The SMILES string of the molecule is CC(CO)C(C)NCc1c(Cl)oc2ccccc12. The Morgan fingerprint density at radius 1 is 1.33 bits per heavy atom. The molecule has 1 aromatic heterocycles.